The van der Waals surface area contributed by atoms with Gasteiger partial charge in [-0.25, -0.2) is 13.4 Å². The molecule has 3 rings (SSSR count). The first-order chi connectivity index (χ1) is 13.7. The number of thiazole rings is 1. The number of nitrogens with one attached hydrogen (secondary N) is 1. The third-order valence-electron chi connectivity index (χ3n) is 4.17. The first kappa shape index (κ1) is 21.4. The monoisotopic (exact) mass is 454 g/mol. The molecule has 0 aliphatic rings. The lowest BCUT2D eigenvalue weighted by atomic mass is 10.2. The number of carbonyl (C=O) groups excluding carboxylic acids is 1. The van der Waals surface area contributed by atoms with Gasteiger partial charge in [0.2, 0.25) is 5.91 Å². The van der Waals surface area contributed by atoms with Crippen LogP contribution in [0.15, 0.2) is 35.2 Å². The van der Waals surface area contributed by atoms with Crippen LogP contribution in [0.2, 0.25) is 5.02 Å². The molecule has 1 N–H and O–H groups in total. The topological polar surface area (TPSA) is 94.6 Å². The summed E-state index contributed by atoms with van der Waals surface area (Å²) in [6.45, 7) is 1.86. The van der Waals surface area contributed by atoms with Gasteiger partial charge in [0.1, 0.15) is 11.5 Å². The highest BCUT2D eigenvalue weighted by Crippen LogP contribution is 2.36. The van der Waals surface area contributed by atoms with Crippen LogP contribution in [0.5, 0.6) is 11.5 Å². The maximum Gasteiger partial charge on any atom is 0.225 e. The molecule has 29 heavy (non-hydrogen) atoms. The quantitative estimate of drug-likeness (QED) is 0.578. The summed E-state index contributed by atoms with van der Waals surface area (Å²) in [5, 5.41) is 3.79. The number of methoxy groups -OCH3 is 2. The Bertz CT molecular complexity index is 1170. The third-order valence-corrected chi connectivity index (χ3v) is 7.11. The highest BCUT2D eigenvalue weighted by Gasteiger charge is 2.19. The number of halogens is 1. The van der Waals surface area contributed by atoms with E-state index in [4.69, 9.17) is 21.1 Å². The molecule has 0 spiro atoms. The Morgan fingerprint density at radius 1 is 1.17 bits per heavy atom. The van der Waals surface area contributed by atoms with Gasteiger partial charge in [-0.05, 0) is 31.2 Å². The molecule has 1 heterocycles. The van der Waals surface area contributed by atoms with E-state index >= 15 is 0 Å². The molecule has 0 aliphatic carbocycles. The number of aryl methyl sites for hydroxylation is 1. The number of carbonyl (C=O) groups is 1. The normalized spacial score (nSPS) is 11.4. The van der Waals surface area contributed by atoms with Crippen molar-refractivity contribution in [2.75, 3.05) is 25.3 Å². The van der Waals surface area contributed by atoms with Crippen LogP contribution in [-0.4, -0.2) is 39.3 Å². The van der Waals surface area contributed by atoms with Crippen molar-refractivity contribution >= 4 is 54.6 Å². The molecule has 1 aromatic heterocycles. The van der Waals surface area contributed by atoms with E-state index in [1.807, 2.05) is 6.92 Å². The minimum absolute atomic E-state index is 0.173. The number of nitrogens with zero attached hydrogens (tertiary/aromatic N) is 1. The molecule has 0 fully saturated rings. The minimum atomic E-state index is -3.62. The van der Waals surface area contributed by atoms with E-state index in [-0.39, 0.29) is 17.1 Å². The molecule has 7 nitrogen and oxygen atoms in total. The van der Waals surface area contributed by atoms with Gasteiger partial charge in [0.15, 0.2) is 9.84 Å². The Morgan fingerprint density at radius 2 is 1.90 bits per heavy atom. The van der Waals surface area contributed by atoms with Crippen molar-refractivity contribution in [3.05, 3.63) is 40.4 Å². The van der Waals surface area contributed by atoms with Crippen LogP contribution in [0.4, 0.5) is 5.69 Å². The number of sulfone groups is 1. The zero-order valence-corrected chi connectivity index (χ0v) is 18.4. The SMILES string of the molecule is COc1cc(OC)c(NC(=O)CCS(=O)(=O)c2ccc3nc(C)sc3c2)cc1Cl. The Balaban J connectivity index is 1.71. The fourth-order valence-corrected chi connectivity index (χ4v) is 5.17. The van der Waals surface area contributed by atoms with Crippen molar-refractivity contribution in [3.8, 4) is 11.5 Å². The maximum atomic E-state index is 12.6. The van der Waals surface area contributed by atoms with Gasteiger partial charge in [-0.3, -0.25) is 4.79 Å². The first-order valence-corrected chi connectivity index (χ1v) is 11.4. The Hall–Kier alpha value is -2.36. The van der Waals surface area contributed by atoms with Crippen LogP contribution in [0, 0.1) is 6.92 Å². The van der Waals surface area contributed by atoms with Crippen molar-refractivity contribution in [1.82, 2.24) is 4.98 Å². The molecule has 2 aromatic carbocycles. The zero-order chi connectivity index (χ0) is 21.2. The predicted molar refractivity (Wildman–Crippen MR) is 114 cm³/mol. The van der Waals surface area contributed by atoms with E-state index in [0.29, 0.717) is 22.2 Å². The minimum Gasteiger partial charge on any atom is -0.495 e. The average Bonchev–Trinajstić information content (AvgIpc) is 3.06. The molecule has 0 atom stereocenters. The molecule has 1 amide bonds. The fraction of sp³-hybridized carbons (Fsp3) is 0.263. The summed E-state index contributed by atoms with van der Waals surface area (Å²) in [7, 11) is -0.712. The van der Waals surface area contributed by atoms with Crippen LogP contribution in [0.3, 0.4) is 0 Å². The molecular formula is C19H19ClN2O5S2. The van der Waals surface area contributed by atoms with Gasteiger partial charge >= 0.3 is 0 Å². The van der Waals surface area contributed by atoms with E-state index in [1.165, 1.54) is 37.7 Å². The molecule has 154 valence electrons. The predicted octanol–water partition coefficient (Wildman–Crippen LogP) is 4.08. The number of anilines is 1. The van der Waals surface area contributed by atoms with Gasteiger partial charge in [0.05, 0.1) is 50.8 Å². The summed E-state index contributed by atoms with van der Waals surface area (Å²) < 4.78 is 36.4. The number of benzene rings is 2. The Kier molecular flexibility index (Phi) is 6.30. The standard InChI is InChI=1S/C19H19ClN2O5S2/c1-11-21-14-5-4-12(8-18(14)28-11)29(24,25)7-6-19(23)22-15-9-13(20)16(26-2)10-17(15)27-3/h4-5,8-10H,6-7H2,1-3H3,(H,22,23). The summed E-state index contributed by atoms with van der Waals surface area (Å²) in [6.07, 6.45) is -0.213. The molecule has 0 bridgehead atoms. The number of rotatable bonds is 7. The highest BCUT2D eigenvalue weighted by molar-refractivity contribution is 7.91. The summed E-state index contributed by atoms with van der Waals surface area (Å²) in [5.41, 5.74) is 1.09. The van der Waals surface area contributed by atoms with Crippen molar-refractivity contribution < 1.29 is 22.7 Å². The average molecular weight is 455 g/mol. The van der Waals surface area contributed by atoms with E-state index < -0.39 is 15.7 Å². The Morgan fingerprint density at radius 3 is 2.59 bits per heavy atom. The lowest BCUT2D eigenvalue weighted by Gasteiger charge is -2.13. The van der Waals surface area contributed by atoms with E-state index in [2.05, 4.69) is 10.3 Å². The number of hydrogen-bond donors (Lipinski definition) is 1. The summed E-state index contributed by atoms with van der Waals surface area (Å²) in [5.74, 6) is -0.0389. The summed E-state index contributed by atoms with van der Waals surface area (Å²) in [4.78, 5) is 16.8. The molecular weight excluding hydrogens is 436 g/mol. The lowest BCUT2D eigenvalue weighted by Crippen LogP contribution is -2.18. The van der Waals surface area contributed by atoms with Crippen LogP contribution < -0.4 is 14.8 Å². The zero-order valence-electron chi connectivity index (χ0n) is 16.0. The summed E-state index contributed by atoms with van der Waals surface area (Å²) in [6, 6.07) is 7.82. The van der Waals surface area contributed by atoms with Gasteiger partial charge in [-0.15, -0.1) is 11.3 Å². The smallest absolute Gasteiger partial charge is 0.225 e. The van der Waals surface area contributed by atoms with E-state index in [9.17, 15) is 13.2 Å². The number of ether oxygens (including phenoxy) is 2. The van der Waals surface area contributed by atoms with Gasteiger partial charge < -0.3 is 14.8 Å². The van der Waals surface area contributed by atoms with Crippen LogP contribution >= 0.6 is 22.9 Å². The van der Waals surface area contributed by atoms with Crippen LogP contribution in [-0.2, 0) is 14.6 Å². The van der Waals surface area contributed by atoms with Crippen LogP contribution in [0.1, 0.15) is 11.4 Å². The number of fused-ring (bicyclic) bond motifs is 1. The van der Waals surface area contributed by atoms with Crippen molar-refractivity contribution in [2.24, 2.45) is 0 Å². The van der Waals surface area contributed by atoms with Gasteiger partial charge in [-0.2, -0.15) is 0 Å². The summed E-state index contributed by atoms with van der Waals surface area (Å²) >= 11 is 7.51. The number of aromatic nitrogens is 1. The van der Waals surface area contributed by atoms with Crippen molar-refractivity contribution in [2.45, 2.75) is 18.2 Å². The van der Waals surface area contributed by atoms with Crippen molar-refractivity contribution in [3.63, 3.8) is 0 Å². The number of hydrogen-bond acceptors (Lipinski definition) is 7. The van der Waals surface area contributed by atoms with Gasteiger partial charge in [-0.1, -0.05) is 11.6 Å². The van der Waals surface area contributed by atoms with Gasteiger partial charge in [0, 0.05) is 12.5 Å². The van der Waals surface area contributed by atoms with Crippen LogP contribution in [0.25, 0.3) is 10.2 Å². The fourth-order valence-electron chi connectivity index (χ4n) is 2.73. The highest BCUT2D eigenvalue weighted by atomic mass is 35.5. The molecule has 0 saturated heterocycles. The largest absolute Gasteiger partial charge is 0.495 e. The maximum absolute atomic E-state index is 12.6. The lowest BCUT2D eigenvalue weighted by molar-refractivity contribution is -0.115. The molecule has 0 aliphatic heterocycles. The van der Waals surface area contributed by atoms with E-state index in [1.54, 1.807) is 18.2 Å². The van der Waals surface area contributed by atoms with Gasteiger partial charge in [0.25, 0.3) is 0 Å². The molecule has 0 unspecified atom stereocenters. The Labute approximate surface area is 177 Å². The second-order valence-electron chi connectivity index (χ2n) is 6.17. The molecule has 10 heteroatoms. The number of amides is 1. The second kappa shape index (κ2) is 8.56. The second-order valence-corrected chi connectivity index (χ2v) is 9.92. The molecule has 0 radical (unpaired) electrons. The molecule has 0 saturated carbocycles. The van der Waals surface area contributed by atoms with E-state index in [0.717, 1.165) is 15.2 Å². The van der Waals surface area contributed by atoms with Crippen molar-refractivity contribution in [1.29, 1.82) is 0 Å². The third kappa shape index (κ3) is 4.80. The molecule has 3 aromatic rings. The first-order valence-electron chi connectivity index (χ1n) is 8.55.